The third-order valence-electron chi connectivity index (χ3n) is 2.69. The Morgan fingerprint density at radius 3 is 2.65 bits per heavy atom. The molecule has 0 saturated carbocycles. The number of methoxy groups -OCH3 is 1. The number of carboxylic acids is 1. The molecule has 0 spiro atoms. The topological polar surface area (TPSA) is 83.8 Å². The summed E-state index contributed by atoms with van der Waals surface area (Å²) in [4.78, 5) is 22.5. The number of rotatable bonds is 2. The van der Waals surface area contributed by atoms with Crippen molar-refractivity contribution in [3.8, 4) is 5.75 Å². The van der Waals surface area contributed by atoms with Gasteiger partial charge in [-0.1, -0.05) is 6.07 Å². The van der Waals surface area contributed by atoms with Crippen molar-refractivity contribution in [1.82, 2.24) is 0 Å². The number of aliphatic carboxylic acids is 1. The zero-order chi connectivity index (χ0) is 12.6. The number of carboxylic acid groups (broad SMARTS) is 1. The highest BCUT2D eigenvalue weighted by Gasteiger charge is 2.30. The maximum Gasteiger partial charge on any atom is 0.371 e. The lowest BCUT2D eigenvalue weighted by Gasteiger charge is -2.01. The van der Waals surface area contributed by atoms with E-state index >= 15 is 0 Å². The lowest BCUT2D eigenvalue weighted by Crippen LogP contribution is -2.08. The van der Waals surface area contributed by atoms with Gasteiger partial charge in [0, 0.05) is 12.0 Å². The molecule has 0 bridgehead atoms. The van der Waals surface area contributed by atoms with Crippen molar-refractivity contribution in [2.24, 2.45) is 0 Å². The van der Waals surface area contributed by atoms with E-state index in [9.17, 15) is 14.7 Å². The van der Waals surface area contributed by atoms with Gasteiger partial charge in [0.15, 0.2) is 5.78 Å². The Hall–Kier alpha value is -2.30. The molecule has 1 aliphatic carbocycles. The SMILES string of the molecule is COc1ccc2c(c1)C(=O)/C(=C(\O)C(=O)O)C2. The fraction of sp³-hybridized carbons (Fsp3) is 0.167. The predicted molar refractivity (Wildman–Crippen MR) is 58.3 cm³/mol. The molecule has 1 aromatic rings. The van der Waals surface area contributed by atoms with Crippen LogP contribution in [0, 0.1) is 0 Å². The van der Waals surface area contributed by atoms with Crippen molar-refractivity contribution < 1.29 is 24.5 Å². The van der Waals surface area contributed by atoms with Gasteiger partial charge in [-0.3, -0.25) is 4.79 Å². The van der Waals surface area contributed by atoms with Crippen LogP contribution in [0.4, 0.5) is 0 Å². The van der Waals surface area contributed by atoms with Crippen LogP contribution in [0.15, 0.2) is 29.5 Å². The largest absolute Gasteiger partial charge is 0.502 e. The summed E-state index contributed by atoms with van der Waals surface area (Å²) in [6.07, 6.45) is 0.135. The van der Waals surface area contributed by atoms with Gasteiger partial charge in [-0.15, -0.1) is 0 Å². The summed E-state index contributed by atoms with van der Waals surface area (Å²) in [5.41, 5.74) is 0.992. The number of hydrogen-bond donors (Lipinski definition) is 2. The van der Waals surface area contributed by atoms with Gasteiger partial charge in [-0.2, -0.15) is 0 Å². The van der Waals surface area contributed by atoms with E-state index in [2.05, 4.69) is 0 Å². The molecule has 0 radical (unpaired) electrons. The van der Waals surface area contributed by atoms with Crippen molar-refractivity contribution in [2.75, 3.05) is 7.11 Å². The first kappa shape index (κ1) is 11.2. The van der Waals surface area contributed by atoms with E-state index < -0.39 is 17.5 Å². The Morgan fingerprint density at radius 1 is 1.35 bits per heavy atom. The number of aliphatic hydroxyl groups excluding tert-OH is 1. The Kier molecular flexibility index (Phi) is 2.59. The molecule has 0 unspecified atom stereocenters. The number of aliphatic hydroxyl groups is 1. The molecule has 2 N–H and O–H groups in total. The number of hydrogen-bond acceptors (Lipinski definition) is 4. The van der Waals surface area contributed by atoms with E-state index in [1.165, 1.54) is 7.11 Å². The number of carbonyl (C=O) groups is 2. The van der Waals surface area contributed by atoms with E-state index in [1.54, 1.807) is 18.2 Å². The molecule has 0 fully saturated rings. The van der Waals surface area contributed by atoms with Crippen LogP contribution in [-0.4, -0.2) is 29.1 Å². The summed E-state index contributed by atoms with van der Waals surface area (Å²) in [6.45, 7) is 0. The number of carbonyl (C=O) groups excluding carboxylic acids is 1. The average molecular weight is 234 g/mol. The second-order valence-electron chi connectivity index (χ2n) is 3.66. The first-order valence-electron chi connectivity index (χ1n) is 4.91. The summed E-state index contributed by atoms with van der Waals surface area (Å²) in [5, 5.41) is 18.0. The Balaban J connectivity index is 2.50. The molecular weight excluding hydrogens is 224 g/mol. The minimum atomic E-state index is -1.49. The number of ketones is 1. The predicted octanol–water partition coefficient (Wildman–Crippen LogP) is 1.33. The highest BCUT2D eigenvalue weighted by Crippen LogP contribution is 2.30. The van der Waals surface area contributed by atoms with E-state index in [1.807, 2.05) is 0 Å². The molecule has 5 heteroatoms. The number of allylic oxidation sites excluding steroid dienone is 1. The van der Waals surface area contributed by atoms with Gasteiger partial charge in [0.25, 0.3) is 0 Å². The molecule has 0 aromatic heterocycles. The normalized spacial score (nSPS) is 16.6. The van der Waals surface area contributed by atoms with Crippen LogP contribution in [0.2, 0.25) is 0 Å². The lowest BCUT2D eigenvalue weighted by atomic mass is 10.1. The van der Waals surface area contributed by atoms with Crippen molar-refractivity contribution in [1.29, 1.82) is 0 Å². The summed E-state index contributed by atoms with van der Waals surface area (Å²) in [5.74, 6) is -2.31. The van der Waals surface area contributed by atoms with Crippen LogP contribution in [0.3, 0.4) is 0 Å². The van der Waals surface area contributed by atoms with E-state index in [4.69, 9.17) is 9.84 Å². The van der Waals surface area contributed by atoms with Crippen molar-refractivity contribution >= 4 is 11.8 Å². The lowest BCUT2D eigenvalue weighted by molar-refractivity contribution is -0.135. The van der Waals surface area contributed by atoms with Gasteiger partial charge < -0.3 is 14.9 Å². The first-order chi connectivity index (χ1) is 8.04. The monoisotopic (exact) mass is 234 g/mol. The molecule has 17 heavy (non-hydrogen) atoms. The van der Waals surface area contributed by atoms with Crippen LogP contribution in [0.5, 0.6) is 5.75 Å². The second kappa shape index (κ2) is 3.93. The molecule has 0 amide bonds. The van der Waals surface area contributed by atoms with Crippen molar-refractivity contribution in [2.45, 2.75) is 6.42 Å². The third-order valence-corrected chi connectivity index (χ3v) is 2.69. The summed E-state index contributed by atoms with van der Waals surface area (Å²) in [7, 11) is 1.48. The number of Topliss-reactive ketones (excluding diaryl/α,β-unsaturated/α-hetero) is 1. The highest BCUT2D eigenvalue weighted by atomic mass is 16.5. The quantitative estimate of drug-likeness (QED) is 0.595. The number of ether oxygens (including phenoxy) is 1. The van der Waals surface area contributed by atoms with Crippen molar-refractivity contribution in [3.05, 3.63) is 40.7 Å². The highest BCUT2D eigenvalue weighted by molar-refractivity contribution is 6.16. The summed E-state index contributed by atoms with van der Waals surface area (Å²) >= 11 is 0. The van der Waals surface area contributed by atoms with Gasteiger partial charge in [0.2, 0.25) is 5.76 Å². The van der Waals surface area contributed by atoms with Crippen LogP contribution in [0.25, 0.3) is 0 Å². The van der Waals surface area contributed by atoms with Gasteiger partial charge in [0.05, 0.1) is 12.7 Å². The second-order valence-corrected chi connectivity index (χ2v) is 3.66. The number of fused-ring (bicyclic) bond motifs is 1. The molecule has 2 rings (SSSR count). The molecule has 0 heterocycles. The molecule has 5 nitrogen and oxygen atoms in total. The van der Waals surface area contributed by atoms with Crippen LogP contribution >= 0.6 is 0 Å². The minimum absolute atomic E-state index is 0.0826. The fourth-order valence-corrected chi connectivity index (χ4v) is 1.80. The van der Waals surface area contributed by atoms with E-state index in [-0.39, 0.29) is 12.0 Å². The molecule has 0 aliphatic heterocycles. The zero-order valence-electron chi connectivity index (χ0n) is 9.06. The van der Waals surface area contributed by atoms with Gasteiger partial charge in [-0.05, 0) is 17.7 Å². The van der Waals surface area contributed by atoms with Gasteiger partial charge in [-0.25, -0.2) is 4.79 Å². The first-order valence-corrected chi connectivity index (χ1v) is 4.91. The zero-order valence-corrected chi connectivity index (χ0v) is 9.06. The van der Waals surface area contributed by atoms with Gasteiger partial charge in [0.1, 0.15) is 5.75 Å². The molecule has 0 atom stereocenters. The molecule has 1 aliphatic rings. The minimum Gasteiger partial charge on any atom is -0.502 e. The Bertz CT molecular complexity index is 542. The maximum absolute atomic E-state index is 11.9. The van der Waals surface area contributed by atoms with Crippen molar-refractivity contribution in [3.63, 3.8) is 0 Å². The maximum atomic E-state index is 11.9. The van der Waals surface area contributed by atoms with Crippen LogP contribution in [0.1, 0.15) is 15.9 Å². The van der Waals surface area contributed by atoms with E-state index in [0.29, 0.717) is 16.9 Å². The third kappa shape index (κ3) is 1.75. The number of benzene rings is 1. The van der Waals surface area contributed by atoms with Crippen LogP contribution in [-0.2, 0) is 11.2 Å². The Labute approximate surface area is 97.0 Å². The van der Waals surface area contributed by atoms with Gasteiger partial charge >= 0.3 is 5.97 Å². The summed E-state index contributed by atoms with van der Waals surface area (Å²) < 4.78 is 4.98. The molecule has 88 valence electrons. The van der Waals surface area contributed by atoms with E-state index in [0.717, 1.165) is 0 Å². The smallest absolute Gasteiger partial charge is 0.371 e. The standard InChI is InChI=1S/C12H10O5/c1-17-7-3-2-6-4-9(11(14)12(15)16)10(13)8(6)5-7/h2-3,5,14H,4H2,1H3,(H,15,16)/b11-9-. The fourth-order valence-electron chi connectivity index (χ4n) is 1.80. The molecular formula is C12H10O5. The van der Waals surface area contributed by atoms with Crippen LogP contribution < -0.4 is 4.74 Å². The summed E-state index contributed by atoms with van der Waals surface area (Å²) in [6, 6.07) is 4.92. The average Bonchev–Trinajstić information content (AvgIpc) is 2.65. The molecule has 1 aromatic carbocycles. The molecule has 0 saturated heterocycles. The Morgan fingerprint density at radius 2 is 2.06 bits per heavy atom.